The zero-order valence-electron chi connectivity index (χ0n) is 29.5. The third-order valence-corrected chi connectivity index (χ3v) is 11.4. The van der Waals surface area contributed by atoms with E-state index in [1.165, 1.54) is 25.5 Å². The minimum atomic E-state index is -1.26. The second-order valence-corrected chi connectivity index (χ2v) is 15.9. The second-order valence-electron chi connectivity index (χ2n) is 14.4. The number of hydrogen-bond acceptors (Lipinski definition) is 9. The maximum Gasteiger partial charge on any atom is 0.313 e. The zero-order chi connectivity index (χ0) is 36.7. The summed E-state index contributed by atoms with van der Waals surface area (Å²) >= 11 is -1.26. The summed E-state index contributed by atoms with van der Waals surface area (Å²) in [6, 6.07) is 11.9. The van der Waals surface area contributed by atoms with E-state index in [0.29, 0.717) is 30.2 Å². The fourth-order valence-corrected chi connectivity index (χ4v) is 9.02. The predicted octanol–water partition coefficient (Wildman–Crippen LogP) is 1.27. The number of carbonyl (C=O) groups is 5. The van der Waals surface area contributed by atoms with Crippen LogP contribution in [0.2, 0.25) is 0 Å². The molecule has 284 valence electrons. The molecule has 13 nitrogen and oxygen atoms in total. The first kappa shape index (κ1) is 40.9. The molecule has 4 aliphatic rings. The summed E-state index contributed by atoms with van der Waals surface area (Å²) in [5.74, 6) is -1.42. The van der Waals surface area contributed by atoms with E-state index < -0.39 is 70.9 Å². The van der Waals surface area contributed by atoms with Gasteiger partial charge in [-0.25, -0.2) is 0 Å². The first-order valence-corrected chi connectivity index (χ1v) is 19.2. The number of esters is 1. The third-order valence-electron chi connectivity index (χ3n) is 10.6. The lowest BCUT2D eigenvalue weighted by Crippen LogP contribution is -2.67. The van der Waals surface area contributed by atoms with Crippen molar-refractivity contribution in [2.75, 3.05) is 25.7 Å². The number of nitrogens with two attached hydrogens (primary N) is 1. The number of rotatable bonds is 16. The molecular formula is C37H50ClN5O8S. The molecule has 0 radical (unpaired) electrons. The van der Waals surface area contributed by atoms with Crippen LogP contribution in [0.15, 0.2) is 54.6 Å². The number of phenols is 1. The highest BCUT2D eigenvalue weighted by molar-refractivity contribution is 7.90. The highest BCUT2D eigenvalue weighted by atomic mass is 35.5. The smallest absolute Gasteiger partial charge is 0.313 e. The van der Waals surface area contributed by atoms with Gasteiger partial charge in [-0.2, -0.15) is 0 Å². The number of aromatic hydroxyl groups is 1. The Bertz CT molecular complexity index is 1550. The van der Waals surface area contributed by atoms with Gasteiger partial charge in [-0.15, -0.1) is 12.4 Å². The number of carbonyl (C=O) groups excluding carboxylic acids is 5. The van der Waals surface area contributed by atoms with Gasteiger partial charge in [0.25, 0.3) is 0 Å². The van der Waals surface area contributed by atoms with Crippen molar-refractivity contribution in [2.24, 2.45) is 28.9 Å². The molecule has 0 aliphatic heterocycles. The van der Waals surface area contributed by atoms with Crippen LogP contribution in [-0.2, 0) is 52.7 Å². The van der Waals surface area contributed by atoms with Crippen molar-refractivity contribution in [3.8, 4) is 5.75 Å². The van der Waals surface area contributed by atoms with Gasteiger partial charge >= 0.3 is 5.97 Å². The lowest BCUT2D eigenvalue weighted by molar-refractivity contribution is -0.175. The minimum Gasteiger partial charge on any atom is -0.617 e. The molecule has 7 N–H and O–H groups in total. The molecule has 4 saturated carbocycles. The number of amides is 4. The van der Waals surface area contributed by atoms with Crippen LogP contribution >= 0.6 is 12.4 Å². The van der Waals surface area contributed by atoms with Crippen molar-refractivity contribution in [3.05, 3.63) is 65.7 Å². The Kier molecular flexibility index (Phi) is 14.4. The van der Waals surface area contributed by atoms with E-state index >= 15 is 0 Å². The Morgan fingerprint density at radius 3 is 2.15 bits per heavy atom. The van der Waals surface area contributed by atoms with Gasteiger partial charge in [-0.1, -0.05) is 53.6 Å². The fraction of sp³-hybridized carbons (Fsp3) is 0.541. The molecule has 7 atom stereocenters. The average Bonchev–Trinajstić information content (AvgIpc) is 3.10. The molecule has 0 spiro atoms. The first-order valence-electron chi connectivity index (χ1n) is 17.5. The summed E-state index contributed by atoms with van der Waals surface area (Å²) in [7, 11) is 1.39. The van der Waals surface area contributed by atoms with Crippen LogP contribution in [0.5, 0.6) is 5.75 Å². The van der Waals surface area contributed by atoms with Gasteiger partial charge in [0.1, 0.15) is 23.6 Å². The van der Waals surface area contributed by atoms with Crippen LogP contribution in [0.1, 0.15) is 49.7 Å². The van der Waals surface area contributed by atoms with E-state index in [4.69, 9.17) is 10.5 Å². The normalized spacial score (nSPS) is 25.0. The number of methoxy groups -OCH3 is 1. The molecule has 52 heavy (non-hydrogen) atoms. The maximum absolute atomic E-state index is 14.0. The zero-order valence-corrected chi connectivity index (χ0v) is 31.1. The van der Waals surface area contributed by atoms with E-state index in [0.717, 1.165) is 24.8 Å². The molecule has 4 bridgehead atoms. The van der Waals surface area contributed by atoms with Gasteiger partial charge in [0.05, 0.1) is 31.4 Å². The van der Waals surface area contributed by atoms with E-state index in [-0.39, 0.29) is 55.1 Å². The quantitative estimate of drug-likeness (QED) is 0.107. The number of nitrogens with one attached hydrogen (secondary N) is 4. The van der Waals surface area contributed by atoms with E-state index in [2.05, 4.69) is 21.3 Å². The van der Waals surface area contributed by atoms with Crippen molar-refractivity contribution in [2.45, 2.75) is 75.5 Å². The summed E-state index contributed by atoms with van der Waals surface area (Å²) < 4.78 is 17.1. The van der Waals surface area contributed by atoms with Crippen LogP contribution in [0.4, 0.5) is 0 Å². The van der Waals surface area contributed by atoms with Crippen LogP contribution < -0.4 is 27.0 Å². The first-order chi connectivity index (χ1) is 24.4. The largest absolute Gasteiger partial charge is 0.617 e. The molecule has 4 unspecified atom stereocenters. The summed E-state index contributed by atoms with van der Waals surface area (Å²) in [6.45, 7) is -0.486. The maximum atomic E-state index is 14.0. The van der Waals surface area contributed by atoms with Gasteiger partial charge in [0, 0.05) is 18.9 Å². The monoisotopic (exact) mass is 759 g/mol. The number of ether oxygens (including phenoxy) is 1. The SMILES string of the molecule is COC(=O)C12CC3CC(CC(C3)C1NC(=O)[C@H](Cc1ccccc1)NC(=O)CNC(=O)[C@@H](CC[S+](C)[O-])NC(=O)[C@@H](N)Cc1ccc(O)cc1)C2.Cl. The molecule has 0 aromatic heterocycles. The molecular weight excluding hydrogens is 710 g/mol. The average molecular weight is 760 g/mol. The molecule has 2 aromatic rings. The number of benzene rings is 2. The van der Waals surface area contributed by atoms with Crippen LogP contribution in [0.25, 0.3) is 0 Å². The van der Waals surface area contributed by atoms with Crippen molar-refractivity contribution in [3.63, 3.8) is 0 Å². The van der Waals surface area contributed by atoms with E-state index in [9.17, 15) is 33.6 Å². The third kappa shape index (κ3) is 10.2. The number of hydrogen-bond donors (Lipinski definition) is 6. The topological polar surface area (TPSA) is 212 Å². The summed E-state index contributed by atoms with van der Waals surface area (Å²) in [5, 5.41) is 20.6. The Morgan fingerprint density at radius 1 is 0.904 bits per heavy atom. The lowest BCUT2D eigenvalue weighted by Gasteiger charge is -2.59. The summed E-state index contributed by atoms with van der Waals surface area (Å²) in [4.78, 5) is 66.7. The second kappa shape index (κ2) is 18.3. The van der Waals surface area contributed by atoms with Gasteiger partial charge in [-0.3, -0.25) is 24.0 Å². The molecule has 0 heterocycles. The molecule has 4 fully saturated rings. The van der Waals surface area contributed by atoms with Crippen LogP contribution in [0, 0.1) is 23.2 Å². The molecule has 6 rings (SSSR count). The van der Waals surface area contributed by atoms with Gasteiger partial charge in [0.15, 0.2) is 0 Å². The van der Waals surface area contributed by atoms with Crippen molar-refractivity contribution in [1.29, 1.82) is 0 Å². The predicted molar refractivity (Wildman–Crippen MR) is 198 cm³/mol. The van der Waals surface area contributed by atoms with Gasteiger partial charge in [0.2, 0.25) is 23.6 Å². The number of halogens is 1. The van der Waals surface area contributed by atoms with Gasteiger partial charge < -0.3 is 41.4 Å². The molecule has 4 amide bonds. The summed E-state index contributed by atoms with van der Waals surface area (Å²) in [6.07, 6.45) is 6.17. The molecule has 2 aromatic carbocycles. The highest BCUT2D eigenvalue weighted by Crippen LogP contribution is 2.60. The standard InChI is InChI=1S/C37H49N5O8S.ClH/c1-50-36(48)37-19-24-14-25(20-37)16-26(15-24)32(37)42-35(47)30(18-22-6-4-3-5-7-22)40-31(44)21-39-34(46)29(12-13-51(2)49)41-33(45)28(38)17-23-8-10-27(43)11-9-23;/h3-11,24-26,28-30,32,43H,12-21,38H2,1-2H3,(H,39,46)(H,40,44)(H,41,45)(H,42,47);1H/t24?,25?,26?,28-,29+,30-,32?,37?,51?;/m0./s1. The van der Waals surface area contributed by atoms with E-state index in [1.54, 1.807) is 12.1 Å². The highest BCUT2D eigenvalue weighted by Gasteiger charge is 2.62. The molecule has 4 aliphatic carbocycles. The Morgan fingerprint density at radius 2 is 1.54 bits per heavy atom. The van der Waals surface area contributed by atoms with Crippen molar-refractivity contribution >= 4 is 53.2 Å². The summed E-state index contributed by atoms with van der Waals surface area (Å²) in [5.41, 5.74) is 6.84. The minimum absolute atomic E-state index is 0. The molecule has 0 saturated heterocycles. The van der Waals surface area contributed by atoms with E-state index in [1.807, 2.05) is 30.3 Å². The van der Waals surface area contributed by atoms with Crippen LogP contribution in [0.3, 0.4) is 0 Å². The molecule has 15 heteroatoms. The fourth-order valence-electron chi connectivity index (χ4n) is 8.45. The van der Waals surface area contributed by atoms with Crippen molar-refractivity contribution in [1.82, 2.24) is 21.3 Å². The Labute approximate surface area is 313 Å². The lowest BCUT2D eigenvalue weighted by atomic mass is 9.47. The Hall–Kier alpha value is -3.85. The van der Waals surface area contributed by atoms with Gasteiger partial charge in [-0.05, 0) is 79.5 Å². The van der Waals surface area contributed by atoms with Crippen molar-refractivity contribution < 1.29 is 38.4 Å². The Balaban J connectivity index is 0.00000605. The number of phenolic OH excluding ortho intramolecular Hbond substituents is 1. The van der Waals surface area contributed by atoms with Crippen LogP contribution in [-0.4, -0.2) is 89.1 Å².